The summed E-state index contributed by atoms with van der Waals surface area (Å²) in [6, 6.07) is 4.66. The molecule has 10 heteroatoms. The summed E-state index contributed by atoms with van der Waals surface area (Å²) in [5.74, 6) is 1.59. The Morgan fingerprint density at radius 3 is 2.82 bits per heavy atom. The molecule has 1 unspecified atom stereocenters. The second kappa shape index (κ2) is 10.6. The number of hydrogen-bond donors (Lipinski definition) is 3. The van der Waals surface area contributed by atoms with Crippen molar-refractivity contribution in [2.75, 3.05) is 25.5 Å². The van der Waals surface area contributed by atoms with Gasteiger partial charge in [0, 0.05) is 49.4 Å². The number of thiophene rings is 1. The van der Waals surface area contributed by atoms with E-state index in [1.54, 1.807) is 24.3 Å². The van der Waals surface area contributed by atoms with Crippen molar-refractivity contribution < 1.29 is 0 Å². The molecule has 8 nitrogen and oxygen atoms in total. The van der Waals surface area contributed by atoms with Crippen molar-refractivity contribution in [2.24, 2.45) is 12.0 Å². The van der Waals surface area contributed by atoms with Gasteiger partial charge in [-0.2, -0.15) is 5.10 Å². The highest BCUT2D eigenvalue weighted by Gasteiger charge is 2.09. The Hall–Kier alpha value is -1.95. The molecule has 3 rings (SSSR count). The van der Waals surface area contributed by atoms with Gasteiger partial charge >= 0.3 is 0 Å². The van der Waals surface area contributed by atoms with Crippen molar-refractivity contribution >= 4 is 58.1 Å². The molecule has 0 aliphatic rings. The average molecular weight is 514 g/mol. The highest BCUT2D eigenvalue weighted by atomic mass is 127. The quantitative estimate of drug-likeness (QED) is 0.194. The number of guanidine groups is 1. The van der Waals surface area contributed by atoms with Crippen LogP contribution in [0.25, 0.3) is 11.0 Å². The van der Waals surface area contributed by atoms with Crippen LogP contribution in [0.2, 0.25) is 0 Å². The van der Waals surface area contributed by atoms with E-state index in [1.165, 1.54) is 9.75 Å². The number of hydrogen-bond acceptors (Lipinski definition) is 6. The number of aliphatic imine (C=N–C) groups is 1. The molecule has 0 fully saturated rings. The molecule has 0 saturated carbocycles. The minimum absolute atomic E-state index is 0. The van der Waals surface area contributed by atoms with Gasteiger partial charge in [0.15, 0.2) is 11.6 Å². The highest BCUT2D eigenvalue weighted by molar-refractivity contribution is 14.0. The molecular weight excluding hydrogens is 487 g/mol. The lowest BCUT2D eigenvalue weighted by molar-refractivity contribution is 0.646. The summed E-state index contributed by atoms with van der Waals surface area (Å²) in [5.41, 5.74) is 0.815. The largest absolute Gasteiger partial charge is 0.368 e. The first kappa shape index (κ1) is 22.3. The Morgan fingerprint density at radius 2 is 2.11 bits per heavy atom. The van der Waals surface area contributed by atoms with Gasteiger partial charge in [0.1, 0.15) is 12.1 Å². The number of anilines is 1. The predicted molar refractivity (Wildman–Crippen MR) is 127 cm³/mol. The molecule has 0 saturated heterocycles. The summed E-state index contributed by atoms with van der Waals surface area (Å²) in [6.45, 7) is 5.73. The molecular formula is C18H27IN8S. The van der Waals surface area contributed by atoms with Crippen LogP contribution in [0.5, 0.6) is 0 Å². The zero-order valence-electron chi connectivity index (χ0n) is 16.6. The first-order valence-corrected chi connectivity index (χ1v) is 9.77. The lowest BCUT2D eigenvalue weighted by Crippen LogP contribution is -2.44. The Kier molecular flexibility index (Phi) is 8.42. The fraction of sp³-hybridized carbons (Fsp3) is 0.444. The monoisotopic (exact) mass is 514 g/mol. The van der Waals surface area contributed by atoms with Gasteiger partial charge in [-0.05, 0) is 26.0 Å². The Bertz CT molecular complexity index is 919. The van der Waals surface area contributed by atoms with E-state index < -0.39 is 0 Å². The molecule has 0 spiro atoms. The van der Waals surface area contributed by atoms with E-state index in [-0.39, 0.29) is 24.0 Å². The number of halogens is 1. The zero-order valence-corrected chi connectivity index (χ0v) is 19.7. The first-order chi connectivity index (χ1) is 13.1. The van der Waals surface area contributed by atoms with E-state index in [9.17, 15) is 0 Å². The van der Waals surface area contributed by atoms with Gasteiger partial charge in [-0.1, -0.05) is 0 Å². The first-order valence-electron chi connectivity index (χ1n) is 8.96. The SMILES string of the molecule is CN=C(NCCNc1ncnc2c1cnn2C)NC(C)Cc1ccc(C)s1.I. The highest BCUT2D eigenvalue weighted by Crippen LogP contribution is 2.17. The van der Waals surface area contributed by atoms with Crippen LogP contribution in [0.4, 0.5) is 5.82 Å². The van der Waals surface area contributed by atoms with E-state index in [2.05, 4.69) is 62.0 Å². The van der Waals surface area contributed by atoms with Crippen molar-refractivity contribution in [1.82, 2.24) is 30.4 Å². The van der Waals surface area contributed by atoms with E-state index in [4.69, 9.17) is 0 Å². The van der Waals surface area contributed by atoms with Crippen LogP contribution in [0.15, 0.2) is 29.6 Å². The Morgan fingerprint density at radius 1 is 1.29 bits per heavy atom. The van der Waals surface area contributed by atoms with Gasteiger partial charge in [0.05, 0.1) is 11.6 Å². The van der Waals surface area contributed by atoms with E-state index in [0.717, 1.165) is 35.8 Å². The number of aryl methyl sites for hydroxylation is 2. The lowest BCUT2D eigenvalue weighted by Gasteiger charge is -2.17. The Balaban J connectivity index is 0.00000280. The molecule has 1 atom stereocenters. The van der Waals surface area contributed by atoms with Gasteiger partial charge < -0.3 is 16.0 Å². The number of aromatic nitrogens is 4. The van der Waals surface area contributed by atoms with Gasteiger partial charge in [-0.15, -0.1) is 35.3 Å². The molecule has 28 heavy (non-hydrogen) atoms. The normalized spacial score (nSPS) is 12.5. The summed E-state index contributed by atoms with van der Waals surface area (Å²) < 4.78 is 1.74. The standard InChI is InChI=1S/C18H26N8S.HI/c1-12(9-14-6-5-13(2)27-14)25-18(19-3)21-8-7-20-16-15-10-24-26(4)17(15)23-11-22-16;/h5-6,10-12H,7-9H2,1-4H3,(H2,19,21,25)(H,20,22,23);1H. The van der Waals surface area contributed by atoms with Crippen molar-refractivity contribution in [3.8, 4) is 0 Å². The maximum atomic E-state index is 4.31. The molecule has 0 amide bonds. The van der Waals surface area contributed by atoms with Crippen molar-refractivity contribution in [2.45, 2.75) is 26.3 Å². The number of fused-ring (bicyclic) bond motifs is 1. The van der Waals surface area contributed by atoms with E-state index in [0.29, 0.717) is 12.6 Å². The molecule has 3 aromatic rings. The van der Waals surface area contributed by atoms with E-state index in [1.807, 2.05) is 18.4 Å². The number of nitrogens with one attached hydrogen (secondary N) is 3. The van der Waals surface area contributed by atoms with Crippen LogP contribution >= 0.6 is 35.3 Å². The van der Waals surface area contributed by atoms with Crippen LogP contribution in [-0.2, 0) is 13.5 Å². The minimum Gasteiger partial charge on any atom is -0.368 e. The summed E-state index contributed by atoms with van der Waals surface area (Å²) in [6.07, 6.45) is 4.31. The van der Waals surface area contributed by atoms with Crippen LogP contribution in [0.3, 0.4) is 0 Å². The topological polar surface area (TPSA) is 92.1 Å². The molecule has 0 aliphatic carbocycles. The summed E-state index contributed by atoms with van der Waals surface area (Å²) in [4.78, 5) is 15.6. The zero-order chi connectivity index (χ0) is 19.2. The van der Waals surface area contributed by atoms with Gasteiger partial charge in [0.2, 0.25) is 0 Å². The summed E-state index contributed by atoms with van der Waals surface area (Å²) in [7, 11) is 3.66. The molecule has 3 aromatic heterocycles. The van der Waals surface area contributed by atoms with Crippen LogP contribution in [0.1, 0.15) is 16.7 Å². The van der Waals surface area contributed by atoms with Crippen LogP contribution < -0.4 is 16.0 Å². The van der Waals surface area contributed by atoms with Crippen molar-refractivity contribution in [1.29, 1.82) is 0 Å². The smallest absolute Gasteiger partial charge is 0.191 e. The van der Waals surface area contributed by atoms with Crippen molar-refractivity contribution in [3.63, 3.8) is 0 Å². The Labute approximate surface area is 186 Å². The average Bonchev–Trinajstić information content (AvgIpc) is 3.23. The van der Waals surface area contributed by atoms with E-state index >= 15 is 0 Å². The fourth-order valence-electron chi connectivity index (χ4n) is 2.84. The molecule has 0 radical (unpaired) electrons. The van der Waals surface area contributed by atoms with Gasteiger partial charge in [0.25, 0.3) is 0 Å². The summed E-state index contributed by atoms with van der Waals surface area (Å²) >= 11 is 1.84. The minimum atomic E-state index is 0. The fourth-order valence-corrected chi connectivity index (χ4v) is 3.86. The summed E-state index contributed by atoms with van der Waals surface area (Å²) in [5, 5.41) is 15.2. The maximum absolute atomic E-state index is 4.31. The second-order valence-corrected chi connectivity index (χ2v) is 7.79. The molecule has 3 heterocycles. The predicted octanol–water partition coefficient (Wildman–Crippen LogP) is 2.56. The molecule has 0 aliphatic heterocycles. The van der Waals surface area contributed by atoms with Gasteiger partial charge in [-0.3, -0.25) is 9.67 Å². The second-order valence-electron chi connectivity index (χ2n) is 6.42. The third-order valence-electron chi connectivity index (χ3n) is 4.15. The third-order valence-corrected chi connectivity index (χ3v) is 5.17. The molecule has 0 bridgehead atoms. The molecule has 3 N–H and O–H groups in total. The number of rotatable bonds is 7. The molecule has 152 valence electrons. The third kappa shape index (κ3) is 5.77. The van der Waals surface area contributed by atoms with Crippen LogP contribution in [0, 0.1) is 6.92 Å². The molecule has 0 aromatic carbocycles. The number of nitrogens with zero attached hydrogens (tertiary/aromatic N) is 5. The van der Waals surface area contributed by atoms with Crippen molar-refractivity contribution in [3.05, 3.63) is 34.4 Å². The van der Waals surface area contributed by atoms with Crippen LogP contribution in [-0.4, -0.2) is 51.9 Å². The van der Waals surface area contributed by atoms with Gasteiger partial charge in [-0.25, -0.2) is 9.97 Å². The lowest BCUT2D eigenvalue weighted by atomic mass is 10.2. The maximum Gasteiger partial charge on any atom is 0.191 e.